The summed E-state index contributed by atoms with van der Waals surface area (Å²) < 4.78 is 10.8. The Morgan fingerprint density at radius 3 is 0.705 bits per heavy atom. The Hall–Kier alpha value is -14.6. The maximum absolute atomic E-state index is 12.5. The Balaban J connectivity index is 0.000000124. The summed E-state index contributed by atoms with van der Waals surface area (Å²) in [5.41, 5.74) is 5.98. The number of ether oxygens (including phenoxy) is 2. The number of rotatable bonds is 16. The fourth-order valence-electron chi connectivity index (χ4n) is 15.8. The van der Waals surface area contributed by atoms with E-state index < -0.39 is 44.9 Å². The molecule has 0 aliphatic carbocycles. The Morgan fingerprint density at radius 1 is 0.266 bits per heavy atom. The molecule has 686 valence electrons. The van der Waals surface area contributed by atoms with Crippen molar-refractivity contribution in [2.45, 2.75) is 26.2 Å². The molecule has 14 nitrogen and oxygen atoms in total. The number of halogens is 1. The molecular weight excluding hydrogens is 1910 g/mol. The van der Waals surface area contributed by atoms with Crippen LogP contribution in [0.4, 0.5) is 9.59 Å². The average molecular weight is 2000 g/mol. The molecule has 2 aromatic heterocycles. The van der Waals surface area contributed by atoms with Gasteiger partial charge in [0.25, 0.3) is 11.1 Å². The molecule has 4 heterocycles. The van der Waals surface area contributed by atoms with E-state index in [1.165, 1.54) is 87.9 Å². The van der Waals surface area contributed by atoms with Gasteiger partial charge in [0.05, 0.1) is 16.5 Å². The molecule has 22 rings (SSSR count). The van der Waals surface area contributed by atoms with Crippen LogP contribution in [0, 0.1) is 0 Å². The number of aromatic amines is 2. The molecule has 139 heavy (non-hydrogen) atoms. The quantitative estimate of drug-likeness (QED) is 0.0535. The van der Waals surface area contributed by atoms with Crippen LogP contribution >= 0.6 is 43.3 Å². The van der Waals surface area contributed by atoms with E-state index in [0.29, 0.717) is 70.1 Å². The summed E-state index contributed by atoms with van der Waals surface area (Å²) >= 11 is 5.75. The summed E-state index contributed by atoms with van der Waals surface area (Å²) in [6.45, 7) is 2.20. The number of nitrogens with one attached hydrogen (secondary N) is 2. The van der Waals surface area contributed by atoms with E-state index in [1.54, 1.807) is 46.2 Å². The number of carbonyl (C=O) groups is 2. The Bertz CT molecular complexity index is 6470. The number of nitrogens with zero attached hydrogens (tertiary/aromatic N) is 4. The number of hydrogen-bond donors (Lipinski definition) is 4. The molecular formula is C118H96BClN6O8P4Pd. The van der Waals surface area contributed by atoms with Gasteiger partial charge in [-0.25, -0.2) is 19.8 Å². The van der Waals surface area contributed by atoms with Crippen molar-refractivity contribution in [2.24, 2.45) is 0 Å². The Morgan fingerprint density at radius 2 is 0.468 bits per heavy atom. The van der Waals surface area contributed by atoms with E-state index in [2.05, 4.69) is 384 Å². The molecule has 0 spiro atoms. The average Bonchev–Trinajstić information content (AvgIpc) is 1.78. The summed E-state index contributed by atoms with van der Waals surface area (Å²) in [6.07, 6.45) is -0.787. The van der Waals surface area contributed by atoms with Crippen LogP contribution in [0.2, 0.25) is 5.15 Å². The molecule has 20 aromatic rings. The second-order valence-corrected chi connectivity index (χ2v) is 40.9. The van der Waals surface area contributed by atoms with Crippen LogP contribution in [0.25, 0.3) is 32.8 Å². The van der Waals surface area contributed by atoms with Gasteiger partial charge < -0.3 is 19.5 Å². The molecule has 0 saturated carbocycles. The maximum atomic E-state index is 12.5. The SMILES string of the molecule is O=C(Oc1ccc(-c2n[nH]c(=O)c3ccccc23)cc1)N1Cc2ccccc2C1.O=C(Oc1ccc(B(O)O)cc1)N1Cc2ccccc2C1.O=c1[nH]nc(Cl)c2ccccc12.[Pd].c1ccc(P(c2ccccc2)c2ccccc2)cc1.c1ccc(P(c2ccccc2)c2ccccc2)cc1.c1ccc(P(c2ccccc2)c2ccccc2)cc1.c1ccc(P(c2ccccc2)c2ccccc2)cc1. The molecule has 2 aliphatic heterocycles. The van der Waals surface area contributed by atoms with Gasteiger partial charge in [0, 0.05) is 62.9 Å². The molecule has 21 heteroatoms. The normalized spacial score (nSPS) is 11.3. The smallest absolute Gasteiger partial charge is 0.423 e. The third kappa shape index (κ3) is 27.0. The molecule has 0 saturated heterocycles. The van der Waals surface area contributed by atoms with Gasteiger partial charge in [-0.1, -0.05) is 473 Å². The minimum atomic E-state index is -1.53. The van der Waals surface area contributed by atoms with Crippen LogP contribution in [-0.2, 0) is 46.6 Å². The second kappa shape index (κ2) is 51.0. The zero-order valence-corrected chi connectivity index (χ0v) is 81.4. The number of aromatic nitrogens is 4. The van der Waals surface area contributed by atoms with Crippen molar-refractivity contribution in [1.29, 1.82) is 0 Å². The number of carbonyl (C=O) groups excluding carboxylic acids is 2. The summed E-state index contributed by atoms with van der Waals surface area (Å²) in [5, 5.41) is 50.4. The Kier molecular flexibility index (Phi) is 36.3. The minimum absolute atomic E-state index is 0. The molecule has 2 amide bonds. The number of fused-ring (bicyclic) bond motifs is 4. The summed E-state index contributed by atoms with van der Waals surface area (Å²) in [6, 6.07) is 173. The standard InChI is InChI=1S/C23H17N3O3.4C18H15P.C15H14BNO4.C8H5ClN2O.Pd/c27-22-20-8-4-3-7-19(20)21(24-25-22)15-9-11-18(12-10-15)29-23(28)26-13-16-5-1-2-6-17(16)14-26;4*1-4-10-16(11-5-1)19(17-12-6-2-7-13-17)18-14-8-3-9-15-18;18-15(17-9-11-3-1-2-4-12(11)10-17)21-14-7-5-13(6-8-14)16(19)20;9-7-5-3-1-2-4-6(5)8(12)11-10-7;/h1-12H,13-14H2,(H,25,27);4*1-15H;1-8,19-20H,9-10H2;1-4H,(H,11,12);. The van der Waals surface area contributed by atoms with Crippen molar-refractivity contribution in [3.63, 3.8) is 0 Å². The van der Waals surface area contributed by atoms with Crippen molar-refractivity contribution in [1.82, 2.24) is 30.2 Å². The van der Waals surface area contributed by atoms with Gasteiger partial charge in [0.2, 0.25) is 0 Å². The van der Waals surface area contributed by atoms with E-state index in [1.807, 2.05) is 84.9 Å². The van der Waals surface area contributed by atoms with Gasteiger partial charge in [-0.05, 0) is 172 Å². The number of amides is 2. The number of benzene rings is 18. The topological polar surface area (TPSA) is 191 Å². The van der Waals surface area contributed by atoms with Crippen LogP contribution in [0.1, 0.15) is 22.3 Å². The second-order valence-electron chi connectivity index (χ2n) is 31.7. The third-order valence-electron chi connectivity index (χ3n) is 22.4. The molecule has 0 fully saturated rings. The fourth-order valence-corrected chi connectivity index (χ4v) is 25.2. The number of H-pyrrole nitrogens is 2. The van der Waals surface area contributed by atoms with Gasteiger partial charge in [0.1, 0.15) is 11.5 Å². The van der Waals surface area contributed by atoms with Crippen molar-refractivity contribution in [2.75, 3.05) is 0 Å². The maximum Gasteiger partial charge on any atom is 0.488 e. The van der Waals surface area contributed by atoms with Gasteiger partial charge in [-0.2, -0.15) is 10.2 Å². The molecule has 4 N–H and O–H groups in total. The van der Waals surface area contributed by atoms with Gasteiger partial charge in [0.15, 0.2) is 5.15 Å². The van der Waals surface area contributed by atoms with E-state index in [9.17, 15) is 19.2 Å². The van der Waals surface area contributed by atoms with Crippen molar-refractivity contribution in [3.8, 4) is 22.8 Å². The first-order valence-corrected chi connectivity index (χ1v) is 50.7. The molecule has 2 aliphatic rings. The minimum Gasteiger partial charge on any atom is -0.423 e. The fraction of sp³-hybridized carbons (Fsp3) is 0.0339. The van der Waals surface area contributed by atoms with Crippen LogP contribution < -0.4 is 89.7 Å². The van der Waals surface area contributed by atoms with Crippen LogP contribution in [0.3, 0.4) is 0 Å². The van der Waals surface area contributed by atoms with E-state index >= 15 is 0 Å². The monoisotopic (exact) mass is 2000 g/mol. The van der Waals surface area contributed by atoms with Crippen LogP contribution in [0.15, 0.2) is 519 Å². The third-order valence-corrected chi connectivity index (χ3v) is 32.5. The van der Waals surface area contributed by atoms with E-state index in [0.717, 1.165) is 33.2 Å². The predicted molar refractivity (Wildman–Crippen MR) is 575 cm³/mol. The van der Waals surface area contributed by atoms with E-state index in [4.69, 9.17) is 31.1 Å². The van der Waals surface area contributed by atoms with Gasteiger partial charge in [-0.15, -0.1) is 0 Å². The van der Waals surface area contributed by atoms with Crippen LogP contribution in [-0.4, -0.2) is 59.5 Å². The summed E-state index contributed by atoms with van der Waals surface area (Å²) in [7, 11) is -3.31. The van der Waals surface area contributed by atoms with Crippen molar-refractivity contribution in [3.05, 3.63) is 558 Å². The molecule has 0 bridgehead atoms. The summed E-state index contributed by atoms with van der Waals surface area (Å²) in [5.74, 6) is 0.837. The summed E-state index contributed by atoms with van der Waals surface area (Å²) in [4.78, 5) is 51.0. The first-order valence-electron chi connectivity index (χ1n) is 45.0. The zero-order chi connectivity index (χ0) is 94.8. The predicted octanol–water partition coefficient (Wildman–Crippen LogP) is 20.3. The number of hydrogen-bond acceptors (Lipinski definition) is 10. The zero-order valence-electron chi connectivity index (χ0n) is 75.5. The Labute approximate surface area is 833 Å². The van der Waals surface area contributed by atoms with Crippen molar-refractivity contribution >= 4 is 153 Å². The van der Waals surface area contributed by atoms with Gasteiger partial charge >= 0.3 is 19.3 Å². The van der Waals surface area contributed by atoms with E-state index in [-0.39, 0.29) is 37.6 Å². The first kappa shape index (κ1) is 98.9. The van der Waals surface area contributed by atoms with Gasteiger partial charge in [-0.3, -0.25) is 19.4 Å². The van der Waals surface area contributed by atoms with Crippen LogP contribution in [0.5, 0.6) is 11.5 Å². The van der Waals surface area contributed by atoms with Crippen molar-refractivity contribution < 1.29 is 49.5 Å². The molecule has 0 radical (unpaired) electrons. The molecule has 0 unspecified atom stereocenters. The molecule has 0 atom stereocenters. The largest absolute Gasteiger partial charge is 0.488 e. The first-order chi connectivity index (χ1) is 67.9. The molecule has 18 aromatic carbocycles.